The summed E-state index contributed by atoms with van der Waals surface area (Å²) >= 11 is 0. The zero-order valence-corrected chi connectivity index (χ0v) is 23.5. The van der Waals surface area contributed by atoms with E-state index in [-0.39, 0.29) is 0 Å². The fraction of sp³-hybridized carbons (Fsp3) is 0. The van der Waals surface area contributed by atoms with Crippen LogP contribution in [0.5, 0.6) is 0 Å². The van der Waals surface area contributed by atoms with Gasteiger partial charge in [0, 0.05) is 49.3 Å². The highest BCUT2D eigenvalue weighted by Crippen LogP contribution is 2.46. The van der Waals surface area contributed by atoms with Gasteiger partial charge in [-0.25, -0.2) is 0 Å². The van der Waals surface area contributed by atoms with E-state index in [1.807, 2.05) is 42.6 Å². The molecule has 1 N–H and O–H groups in total. The number of hydrogen-bond donors (Lipinski definition) is 1. The molecule has 9 aromatic rings. The molecule has 0 unspecified atom stereocenters. The molecule has 3 heterocycles. The van der Waals surface area contributed by atoms with Crippen molar-refractivity contribution in [2.75, 3.05) is 0 Å². The van der Waals surface area contributed by atoms with Crippen LogP contribution >= 0.6 is 0 Å². The number of aromatic amines is 1. The van der Waals surface area contributed by atoms with Crippen molar-refractivity contribution in [1.82, 2.24) is 20.4 Å². The zero-order valence-electron chi connectivity index (χ0n) is 23.5. The van der Waals surface area contributed by atoms with Gasteiger partial charge in [-0.1, -0.05) is 115 Å². The molecule has 0 radical (unpaired) electrons. The number of fused-ring (bicyclic) bond motifs is 6. The molecule has 0 bridgehead atoms. The van der Waals surface area contributed by atoms with Gasteiger partial charge in [-0.3, -0.25) is 0 Å². The normalized spacial score (nSPS) is 11.6. The molecule has 9 rings (SSSR count). The van der Waals surface area contributed by atoms with Crippen molar-refractivity contribution in [3.05, 3.63) is 140 Å². The molecule has 0 saturated carbocycles. The smallest absolute Gasteiger partial charge is 0.136 e. The Labute approximate surface area is 252 Å². The van der Waals surface area contributed by atoms with Crippen LogP contribution in [0.3, 0.4) is 0 Å². The average Bonchev–Trinajstić information content (AvgIpc) is 3.67. The summed E-state index contributed by atoms with van der Waals surface area (Å²) in [4.78, 5) is 3.71. The number of aromatic nitrogens is 4. The van der Waals surface area contributed by atoms with Gasteiger partial charge < -0.3 is 9.40 Å². The Balaban J connectivity index is 1.39. The largest absolute Gasteiger partial charge is 0.456 e. The van der Waals surface area contributed by atoms with Gasteiger partial charge in [0.25, 0.3) is 0 Å². The Morgan fingerprint density at radius 2 is 1.18 bits per heavy atom. The van der Waals surface area contributed by atoms with Crippen LogP contribution in [0.1, 0.15) is 0 Å². The maximum Gasteiger partial charge on any atom is 0.136 e. The fourth-order valence-electron chi connectivity index (χ4n) is 6.65. The van der Waals surface area contributed by atoms with Gasteiger partial charge in [0.2, 0.25) is 0 Å². The number of benzene rings is 6. The first-order chi connectivity index (χ1) is 21.8. The number of furan rings is 1. The Bertz CT molecular complexity index is 2510. The molecule has 6 aromatic carbocycles. The number of nitrogens with zero attached hydrogens (tertiary/aromatic N) is 3. The summed E-state index contributed by atoms with van der Waals surface area (Å²) in [5, 5.41) is 17.7. The van der Waals surface area contributed by atoms with Gasteiger partial charge in [-0.2, -0.15) is 0 Å². The predicted molar refractivity (Wildman–Crippen MR) is 178 cm³/mol. The monoisotopic (exact) mass is 564 g/mol. The maximum atomic E-state index is 6.26. The van der Waals surface area contributed by atoms with E-state index in [4.69, 9.17) is 9.52 Å². The van der Waals surface area contributed by atoms with Crippen molar-refractivity contribution >= 4 is 43.7 Å². The first-order valence-corrected chi connectivity index (χ1v) is 14.6. The zero-order chi connectivity index (χ0) is 29.0. The van der Waals surface area contributed by atoms with Gasteiger partial charge >= 0.3 is 0 Å². The third kappa shape index (κ3) is 3.69. The van der Waals surface area contributed by atoms with Crippen LogP contribution in [0.4, 0.5) is 0 Å². The lowest BCUT2D eigenvalue weighted by Gasteiger charge is -2.18. The Kier molecular flexibility index (Phi) is 5.43. The summed E-state index contributed by atoms with van der Waals surface area (Å²) in [6.45, 7) is 0. The minimum Gasteiger partial charge on any atom is -0.456 e. The van der Waals surface area contributed by atoms with E-state index in [0.717, 1.165) is 77.6 Å². The predicted octanol–water partition coefficient (Wildman–Crippen LogP) is 10.1. The molecular formula is C39H24N4O. The number of H-pyrrole nitrogens is 1. The van der Waals surface area contributed by atoms with Crippen molar-refractivity contribution < 1.29 is 4.42 Å². The van der Waals surface area contributed by atoms with E-state index >= 15 is 0 Å². The lowest BCUT2D eigenvalue weighted by molar-refractivity contribution is 0.669. The van der Waals surface area contributed by atoms with Crippen LogP contribution in [0.2, 0.25) is 0 Å². The summed E-state index contributed by atoms with van der Waals surface area (Å²) < 4.78 is 6.26. The SMILES string of the molecule is c1ccc(-c2cccc(-c3cccc4c3[nH]c3ccccc34)c2-c2cnnnc2-c2cccc3oc4ccccc4c23)cc1. The second kappa shape index (κ2) is 9.75. The highest BCUT2D eigenvalue weighted by atomic mass is 16.3. The fourth-order valence-corrected chi connectivity index (χ4v) is 6.65. The molecule has 0 amide bonds. The number of nitrogens with one attached hydrogen (secondary N) is 1. The first-order valence-electron chi connectivity index (χ1n) is 14.6. The van der Waals surface area contributed by atoms with Crippen LogP contribution in [-0.4, -0.2) is 20.4 Å². The summed E-state index contributed by atoms with van der Waals surface area (Å²) in [5.41, 5.74) is 11.9. The van der Waals surface area contributed by atoms with Crippen molar-refractivity contribution in [2.24, 2.45) is 0 Å². The number of rotatable bonds is 4. The molecule has 5 heteroatoms. The molecular weight excluding hydrogens is 540 g/mol. The summed E-state index contributed by atoms with van der Waals surface area (Å²) in [6, 6.07) is 46.2. The molecule has 0 aliphatic heterocycles. The molecule has 0 aliphatic rings. The van der Waals surface area contributed by atoms with E-state index < -0.39 is 0 Å². The van der Waals surface area contributed by atoms with Crippen LogP contribution in [-0.2, 0) is 0 Å². The van der Waals surface area contributed by atoms with Gasteiger partial charge in [-0.15, -0.1) is 10.2 Å². The van der Waals surface area contributed by atoms with Gasteiger partial charge in [0.1, 0.15) is 16.9 Å². The third-order valence-corrected chi connectivity index (χ3v) is 8.55. The topological polar surface area (TPSA) is 67.6 Å². The number of hydrogen-bond acceptors (Lipinski definition) is 4. The second-order valence-corrected chi connectivity index (χ2v) is 11.0. The molecule has 0 aliphatic carbocycles. The van der Waals surface area contributed by atoms with Crippen LogP contribution in [0, 0.1) is 0 Å². The molecule has 0 fully saturated rings. The van der Waals surface area contributed by atoms with Crippen LogP contribution in [0.25, 0.3) is 88.4 Å². The van der Waals surface area contributed by atoms with Crippen molar-refractivity contribution in [1.29, 1.82) is 0 Å². The highest BCUT2D eigenvalue weighted by Gasteiger charge is 2.23. The van der Waals surface area contributed by atoms with Gasteiger partial charge in [0.15, 0.2) is 0 Å². The molecule has 3 aromatic heterocycles. The molecule has 5 nitrogen and oxygen atoms in total. The Hall–Kier alpha value is -6.07. The highest BCUT2D eigenvalue weighted by molar-refractivity contribution is 6.16. The lowest BCUT2D eigenvalue weighted by Crippen LogP contribution is -1.99. The molecule has 44 heavy (non-hydrogen) atoms. The summed E-state index contributed by atoms with van der Waals surface area (Å²) in [7, 11) is 0. The van der Waals surface area contributed by atoms with E-state index in [2.05, 4.69) is 112 Å². The average molecular weight is 565 g/mol. The first kappa shape index (κ1) is 24.5. The Morgan fingerprint density at radius 1 is 0.500 bits per heavy atom. The van der Waals surface area contributed by atoms with Crippen molar-refractivity contribution in [2.45, 2.75) is 0 Å². The molecule has 0 atom stereocenters. The van der Waals surface area contributed by atoms with Crippen molar-refractivity contribution in [3.63, 3.8) is 0 Å². The van der Waals surface area contributed by atoms with Crippen LogP contribution < -0.4 is 0 Å². The third-order valence-electron chi connectivity index (χ3n) is 8.55. The summed E-state index contributed by atoms with van der Waals surface area (Å²) in [6.07, 6.45) is 1.85. The maximum absolute atomic E-state index is 6.26. The Morgan fingerprint density at radius 3 is 2.11 bits per heavy atom. The number of para-hydroxylation sites is 3. The van der Waals surface area contributed by atoms with E-state index in [1.165, 1.54) is 10.8 Å². The van der Waals surface area contributed by atoms with E-state index in [9.17, 15) is 0 Å². The van der Waals surface area contributed by atoms with E-state index in [0.29, 0.717) is 0 Å². The van der Waals surface area contributed by atoms with Gasteiger partial charge in [0.05, 0.1) is 11.7 Å². The minimum atomic E-state index is 0.755. The van der Waals surface area contributed by atoms with Gasteiger partial charge in [-0.05, 0) is 40.1 Å². The second-order valence-electron chi connectivity index (χ2n) is 11.0. The summed E-state index contributed by atoms with van der Waals surface area (Å²) in [5.74, 6) is 0. The quantitative estimate of drug-likeness (QED) is 0.231. The van der Waals surface area contributed by atoms with E-state index in [1.54, 1.807) is 0 Å². The van der Waals surface area contributed by atoms with Crippen molar-refractivity contribution in [3.8, 4) is 44.6 Å². The standard InChI is InChI=1S/C39H24N4O/c1-2-11-24(12-3-1)25-15-8-16-27(29-18-9-17-28-26-13-4-6-20-33(26)41-38(28)29)36(25)32-23-40-43-42-39(32)31-19-10-22-35-37(31)30-14-5-7-21-34(30)44-35/h1-23,41H. The molecule has 0 saturated heterocycles. The minimum absolute atomic E-state index is 0.755. The van der Waals surface area contributed by atoms with Crippen LogP contribution in [0.15, 0.2) is 144 Å². The molecule has 206 valence electrons. The lowest BCUT2D eigenvalue weighted by atomic mass is 9.85. The molecule has 0 spiro atoms.